The van der Waals surface area contributed by atoms with Gasteiger partial charge in [-0.2, -0.15) is 0 Å². The molecule has 122 valence electrons. The van der Waals surface area contributed by atoms with E-state index in [1.54, 1.807) is 0 Å². The molecule has 0 saturated carbocycles. The predicted octanol–water partition coefficient (Wildman–Crippen LogP) is 0.304. The van der Waals surface area contributed by atoms with Crippen LogP contribution in [-0.4, -0.2) is 62.1 Å². The van der Waals surface area contributed by atoms with E-state index in [1.807, 2.05) is 4.90 Å². The molecule has 0 aliphatic carbocycles. The zero-order chi connectivity index (χ0) is 14.4. The van der Waals surface area contributed by atoms with Crippen molar-refractivity contribution in [1.82, 2.24) is 15.5 Å². The van der Waals surface area contributed by atoms with E-state index >= 15 is 0 Å². The Labute approximate surface area is 132 Å². The molecule has 1 atom stereocenters. The minimum Gasteiger partial charge on any atom is -0.375 e. The number of hydrogen-bond donors (Lipinski definition) is 2. The van der Waals surface area contributed by atoms with E-state index in [2.05, 4.69) is 10.6 Å². The lowest BCUT2D eigenvalue weighted by Crippen LogP contribution is -2.52. The topological polar surface area (TPSA) is 70.7 Å². The van der Waals surface area contributed by atoms with Gasteiger partial charge in [-0.1, -0.05) is 6.42 Å². The molecular formula is C14H26ClN3O3. The highest BCUT2D eigenvalue weighted by atomic mass is 35.5. The van der Waals surface area contributed by atoms with Crippen LogP contribution in [0.25, 0.3) is 0 Å². The fourth-order valence-corrected chi connectivity index (χ4v) is 2.87. The maximum Gasteiger partial charge on any atom is 0.248 e. The highest BCUT2D eigenvalue weighted by Gasteiger charge is 2.26. The van der Waals surface area contributed by atoms with E-state index in [-0.39, 0.29) is 42.9 Å². The van der Waals surface area contributed by atoms with Crippen LogP contribution in [0.1, 0.15) is 32.1 Å². The smallest absolute Gasteiger partial charge is 0.248 e. The summed E-state index contributed by atoms with van der Waals surface area (Å²) < 4.78 is 4.86. The van der Waals surface area contributed by atoms with Gasteiger partial charge in [0.2, 0.25) is 11.8 Å². The number of likely N-dealkylation sites (tertiary alicyclic amines) is 1. The number of nitrogens with one attached hydrogen (secondary N) is 2. The normalized spacial score (nSPS) is 23.3. The van der Waals surface area contributed by atoms with Crippen LogP contribution in [0.15, 0.2) is 0 Å². The molecule has 2 fully saturated rings. The number of hydrogen-bond acceptors (Lipinski definition) is 4. The first-order chi connectivity index (χ1) is 9.70. The first-order valence-corrected chi connectivity index (χ1v) is 7.51. The molecule has 2 heterocycles. The van der Waals surface area contributed by atoms with Crippen molar-refractivity contribution in [3.8, 4) is 0 Å². The van der Waals surface area contributed by atoms with Crippen LogP contribution in [0.2, 0.25) is 0 Å². The minimum atomic E-state index is -0.0306. The van der Waals surface area contributed by atoms with E-state index in [9.17, 15) is 9.59 Å². The van der Waals surface area contributed by atoms with E-state index in [0.717, 1.165) is 38.6 Å². The third-order valence-electron chi connectivity index (χ3n) is 4.09. The van der Waals surface area contributed by atoms with Gasteiger partial charge in [-0.15, -0.1) is 12.4 Å². The van der Waals surface area contributed by atoms with Gasteiger partial charge >= 0.3 is 0 Å². The standard InChI is InChI=1S/C14H25N3O3.ClH/c1-20-10-13(18)17-8-5-11(6-9-17)16-14(19)12-4-2-3-7-15-12;/h11-12,15H,2-10H2,1H3,(H,16,19);1H. The average Bonchev–Trinajstić information content (AvgIpc) is 2.49. The van der Waals surface area contributed by atoms with Crippen LogP contribution >= 0.6 is 12.4 Å². The van der Waals surface area contributed by atoms with Crippen LogP contribution in [0.5, 0.6) is 0 Å². The van der Waals surface area contributed by atoms with Crippen LogP contribution in [0, 0.1) is 0 Å². The van der Waals surface area contributed by atoms with Gasteiger partial charge < -0.3 is 20.3 Å². The van der Waals surface area contributed by atoms with Crippen molar-refractivity contribution in [3.63, 3.8) is 0 Å². The van der Waals surface area contributed by atoms with Crippen molar-refractivity contribution >= 4 is 24.2 Å². The highest BCUT2D eigenvalue weighted by molar-refractivity contribution is 5.85. The lowest BCUT2D eigenvalue weighted by molar-refractivity contribution is -0.136. The Hall–Kier alpha value is -0.850. The summed E-state index contributed by atoms with van der Waals surface area (Å²) in [6.07, 6.45) is 4.86. The minimum absolute atomic E-state index is 0. The number of nitrogens with zero attached hydrogens (tertiary/aromatic N) is 1. The van der Waals surface area contributed by atoms with E-state index in [4.69, 9.17) is 4.74 Å². The fourth-order valence-electron chi connectivity index (χ4n) is 2.87. The van der Waals surface area contributed by atoms with Gasteiger partial charge in [-0.05, 0) is 32.2 Å². The first-order valence-electron chi connectivity index (χ1n) is 7.51. The second kappa shape index (κ2) is 9.23. The summed E-state index contributed by atoms with van der Waals surface area (Å²) in [4.78, 5) is 25.6. The van der Waals surface area contributed by atoms with Gasteiger partial charge in [-0.25, -0.2) is 0 Å². The Balaban J connectivity index is 0.00000220. The summed E-state index contributed by atoms with van der Waals surface area (Å²) in [5, 5.41) is 6.37. The Morgan fingerprint density at radius 2 is 1.95 bits per heavy atom. The van der Waals surface area contributed by atoms with Crippen LogP contribution < -0.4 is 10.6 Å². The molecular weight excluding hydrogens is 294 g/mol. The largest absolute Gasteiger partial charge is 0.375 e. The van der Waals surface area contributed by atoms with Crippen molar-refractivity contribution in [2.75, 3.05) is 33.4 Å². The number of ether oxygens (including phenoxy) is 1. The number of piperidine rings is 2. The SMILES string of the molecule is COCC(=O)N1CCC(NC(=O)C2CCCCN2)CC1.Cl. The molecule has 2 saturated heterocycles. The lowest BCUT2D eigenvalue weighted by Gasteiger charge is -2.33. The summed E-state index contributed by atoms with van der Waals surface area (Å²) in [6.45, 7) is 2.47. The number of methoxy groups -OCH3 is 1. The van der Waals surface area contributed by atoms with Gasteiger partial charge in [-0.3, -0.25) is 9.59 Å². The zero-order valence-corrected chi connectivity index (χ0v) is 13.4. The highest BCUT2D eigenvalue weighted by Crippen LogP contribution is 2.12. The molecule has 2 amide bonds. The van der Waals surface area contributed by atoms with Crippen molar-refractivity contribution in [1.29, 1.82) is 0 Å². The zero-order valence-electron chi connectivity index (χ0n) is 12.6. The molecule has 0 spiro atoms. The predicted molar refractivity (Wildman–Crippen MR) is 82.5 cm³/mol. The summed E-state index contributed by atoms with van der Waals surface area (Å²) in [7, 11) is 1.53. The van der Waals surface area contributed by atoms with Crippen molar-refractivity contribution in [2.45, 2.75) is 44.2 Å². The first kappa shape index (κ1) is 18.2. The molecule has 0 bridgehead atoms. The summed E-state index contributed by atoms with van der Waals surface area (Å²) >= 11 is 0. The Morgan fingerprint density at radius 3 is 2.52 bits per heavy atom. The van der Waals surface area contributed by atoms with Crippen molar-refractivity contribution < 1.29 is 14.3 Å². The molecule has 0 radical (unpaired) electrons. The monoisotopic (exact) mass is 319 g/mol. The molecule has 7 heteroatoms. The second-order valence-electron chi connectivity index (χ2n) is 5.60. The molecule has 2 aliphatic rings. The molecule has 0 aromatic carbocycles. The Kier molecular flexibility index (Phi) is 8.00. The molecule has 1 unspecified atom stereocenters. The maximum absolute atomic E-state index is 12.1. The van der Waals surface area contributed by atoms with E-state index in [0.29, 0.717) is 13.1 Å². The molecule has 2 N–H and O–H groups in total. The summed E-state index contributed by atoms with van der Waals surface area (Å²) in [5.41, 5.74) is 0. The van der Waals surface area contributed by atoms with Gasteiger partial charge in [0.15, 0.2) is 0 Å². The molecule has 21 heavy (non-hydrogen) atoms. The Bertz CT molecular complexity index is 340. The number of carbonyl (C=O) groups is 2. The number of carbonyl (C=O) groups excluding carboxylic acids is 2. The number of amides is 2. The summed E-state index contributed by atoms with van der Waals surface area (Å²) in [5.74, 6) is 0.151. The lowest BCUT2D eigenvalue weighted by atomic mass is 10.0. The molecule has 0 aromatic heterocycles. The second-order valence-corrected chi connectivity index (χ2v) is 5.60. The average molecular weight is 320 g/mol. The van der Waals surface area contributed by atoms with Gasteiger partial charge in [0, 0.05) is 26.2 Å². The van der Waals surface area contributed by atoms with Crippen LogP contribution in [0.3, 0.4) is 0 Å². The number of halogens is 1. The third-order valence-corrected chi connectivity index (χ3v) is 4.09. The number of rotatable bonds is 4. The third kappa shape index (κ3) is 5.45. The molecule has 2 aliphatic heterocycles. The maximum atomic E-state index is 12.1. The molecule has 6 nitrogen and oxygen atoms in total. The van der Waals surface area contributed by atoms with Crippen LogP contribution in [-0.2, 0) is 14.3 Å². The van der Waals surface area contributed by atoms with Gasteiger partial charge in [0.25, 0.3) is 0 Å². The molecule has 2 rings (SSSR count). The van der Waals surface area contributed by atoms with Crippen molar-refractivity contribution in [3.05, 3.63) is 0 Å². The summed E-state index contributed by atoms with van der Waals surface area (Å²) in [6, 6.07) is 0.162. The van der Waals surface area contributed by atoms with Gasteiger partial charge in [0.05, 0.1) is 6.04 Å². The fraction of sp³-hybridized carbons (Fsp3) is 0.857. The van der Waals surface area contributed by atoms with E-state index < -0.39 is 0 Å². The van der Waals surface area contributed by atoms with Crippen LogP contribution in [0.4, 0.5) is 0 Å². The molecule has 0 aromatic rings. The van der Waals surface area contributed by atoms with Crippen molar-refractivity contribution in [2.24, 2.45) is 0 Å². The Morgan fingerprint density at radius 1 is 1.24 bits per heavy atom. The quantitative estimate of drug-likeness (QED) is 0.782. The van der Waals surface area contributed by atoms with Gasteiger partial charge in [0.1, 0.15) is 6.61 Å². The van der Waals surface area contributed by atoms with E-state index in [1.165, 1.54) is 7.11 Å².